The Kier molecular flexibility index (Phi) is 5.22. The number of sulfonamides is 1. The Hall–Kier alpha value is -0.330. The number of hydrogen-bond acceptors (Lipinski definition) is 3. The lowest BCUT2D eigenvalue weighted by molar-refractivity contribution is 0.211. The monoisotopic (exact) mass is 296 g/mol. The normalized spacial score (nSPS) is 13.6. The third kappa shape index (κ3) is 4.44. The first-order chi connectivity index (χ1) is 7.83. The van der Waals surface area contributed by atoms with Crippen LogP contribution in [-0.2, 0) is 10.0 Å². The van der Waals surface area contributed by atoms with Gasteiger partial charge >= 0.3 is 0 Å². The van der Waals surface area contributed by atoms with Crippen molar-refractivity contribution in [3.05, 3.63) is 35.2 Å². The maximum atomic E-state index is 11.8. The van der Waals surface area contributed by atoms with Gasteiger partial charge < -0.3 is 5.11 Å². The first-order valence-electron chi connectivity index (χ1n) is 4.79. The van der Waals surface area contributed by atoms with Gasteiger partial charge in [0.25, 0.3) is 0 Å². The van der Waals surface area contributed by atoms with Gasteiger partial charge in [-0.25, -0.2) is 13.1 Å². The summed E-state index contributed by atoms with van der Waals surface area (Å²) >= 11 is 11.5. The molecule has 1 aromatic carbocycles. The average molecular weight is 297 g/mol. The molecule has 4 nitrogen and oxygen atoms in total. The molecule has 0 aliphatic heterocycles. The Morgan fingerprint density at radius 1 is 1.41 bits per heavy atom. The SMILES string of the molecule is [CH2][C@H](O)CCNS(=O)(=O)c1ccc(Cl)cc1Cl. The molecule has 0 bridgehead atoms. The number of benzene rings is 1. The summed E-state index contributed by atoms with van der Waals surface area (Å²) in [6, 6.07) is 4.12. The van der Waals surface area contributed by atoms with Crippen molar-refractivity contribution in [1.29, 1.82) is 0 Å². The first-order valence-corrected chi connectivity index (χ1v) is 7.02. The van der Waals surface area contributed by atoms with Gasteiger partial charge in [-0.3, -0.25) is 0 Å². The van der Waals surface area contributed by atoms with E-state index in [-0.39, 0.29) is 22.9 Å². The lowest BCUT2D eigenvalue weighted by atomic mass is 10.3. The fourth-order valence-electron chi connectivity index (χ4n) is 1.13. The van der Waals surface area contributed by atoms with E-state index in [9.17, 15) is 8.42 Å². The van der Waals surface area contributed by atoms with Crippen molar-refractivity contribution in [2.75, 3.05) is 6.54 Å². The second-order valence-corrected chi connectivity index (χ2v) is 5.99. The van der Waals surface area contributed by atoms with Gasteiger partial charge in [0.2, 0.25) is 10.0 Å². The van der Waals surface area contributed by atoms with Gasteiger partial charge in [-0.05, 0) is 31.5 Å². The van der Waals surface area contributed by atoms with Gasteiger partial charge in [0, 0.05) is 11.6 Å². The van der Waals surface area contributed by atoms with E-state index in [1.807, 2.05) is 0 Å². The first kappa shape index (κ1) is 14.7. The van der Waals surface area contributed by atoms with E-state index in [0.717, 1.165) is 0 Å². The van der Waals surface area contributed by atoms with Crippen LogP contribution in [-0.4, -0.2) is 26.2 Å². The Morgan fingerprint density at radius 3 is 2.59 bits per heavy atom. The predicted molar refractivity (Wildman–Crippen MR) is 67.6 cm³/mol. The summed E-state index contributed by atoms with van der Waals surface area (Å²) in [4.78, 5) is -0.0397. The van der Waals surface area contributed by atoms with Crippen LogP contribution in [0.3, 0.4) is 0 Å². The van der Waals surface area contributed by atoms with Crippen LogP contribution in [0.2, 0.25) is 10.0 Å². The van der Waals surface area contributed by atoms with Crippen molar-refractivity contribution in [2.45, 2.75) is 17.4 Å². The van der Waals surface area contributed by atoms with E-state index < -0.39 is 16.1 Å². The number of hydrogen-bond donors (Lipinski definition) is 2. The Bertz CT molecular complexity index is 488. The van der Waals surface area contributed by atoms with Gasteiger partial charge in [-0.1, -0.05) is 23.2 Å². The van der Waals surface area contributed by atoms with Crippen molar-refractivity contribution < 1.29 is 13.5 Å². The highest BCUT2D eigenvalue weighted by molar-refractivity contribution is 7.89. The Labute approximate surface area is 111 Å². The third-order valence-corrected chi connectivity index (χ3v) is 4.13. The molecule has 0 aliphatic carbocycles. The van der Waals surface area contributed by atoms with E-state index in [1.165, 1.54) is 18.2 Å². The molecule has 1 rings (SSSR count). The highest BCUT2D eigenvalue weighted by Gasteiger charge is 2.17. The van der Waals surface area contributed by atoms with Gasteiger partial charge in [0.1, 0.15) is 4.90 Å². The molecule has 0 saturated carbocycles. The fraction of sp³-hybridized carbons (Fsp3) is 0.300. The minimum absolute atomic E-state index is 0.0397. The van der Waals surface area contributed by atoms with Gasteiger partial charge in [-0.2, -0.15) is 0 Å². The van der Waals surface area contributed by atoms with Crippen molar-refractivity contribution in [2.24, 2.45) is 0 Å². The predicted octanol–water partition coefficient (Wildman–Crippen LogP) is 1.86. The van der Waals surface area contributed by atoms with Crippen LogP contribution in [0.25, 0.3) is 0 Å². The molecule has 17 heavy (non-hydrogen) atoms. The lowest BCUT2D eigenvalue weighted by Crippen LogP contribution is -2.27. The zero-order valence-electron chi connectivity index (χ0n) is 8.86. The van der Waals surface area contributed by atoms with Crippen LogP contribution >= 0.6 is 23.2 Å². The second-order valence-electron chi connectivity index (χ2n) is 3.42. The molecule has 0 saturated heterocycles. The van der Waals surface area contributed by atoms with Crippen molar-refractivity contribution in [3.8, 4) is 0 Å². The minimum Gasteiger partial charge on any atom is -0.393 e. The smallest absolute Gasteiger partial charge is 0.242 e. The maximum Gasteiger partial charge on any atom is 0.242 e. The molecule has 0 spiro atoms. The van der Waals surface area contributed by atoms with Crippen LogP contribution in [0.15, 0.2) is 23.1 Å². The maximum absolute atomic E-state index is 11.8. The average Bonchev–Trinajstić information content (AvgIpc) is 2.15. The number of nitrogens with one attached hydrogen (secondary N) is 1. The molecule has 1 atom stereocenters. The minimum atomic E-state index is -3.68. The molecule has 95 valence electrons. The molecule has 0 amide bonds. The molecule has 0 aliphatic rings. The fourth-order valence-corrected chi connectivity index (χ4v) is 2.95. The third-order valence-electron chi connectivity index (χ3n) is 1.95. The van der Waals surface area contributed by atoms with E-state index in [0.29, 0.717) is 5.02 Å². The van der Waals surface area contributed by atoms with Crippen LogP contribution in [0.1, 0.15) is 6.42 Å². The molecule has 1 radical (unpaired) electrons. The van der Waals surface area contributed by atoms with E-state index >= 15 is 0 Å². The molecule has 0 fully saturated rings. The Morgan fingerprint density at radius 2 is 2.06 bits per heavy atom. The summed E-state index contributed by atoms with van der Waals surface area (Å²) in [6.45, 7) is 3.43. The summed E-state index contributed by atoms with van der Waals surface area (Å²) in [5.74, 6) is 0. The van der Waals surface area contributed by atoms with Crippen molar-refractivity contribution in [1.82, 2.24) is 4.72 Å². The van der Waals surface area contributed by atoms with Crippen LogP contribution in [0.5, 0.6) is 0 Å². The number of halogens is 2. The highest BCUT2D eigenvalue weighted by atomic mass is 35.5. The van der Waals surface area contributed by atoms with Crippen molar-refractivity contribution in [3.63, 3.8) is 0 Å². The van der Waals surface area contributed by atoms with Crippen LogP contribution in [0.4, 0.5) is 0 Å². The zero-order chi connectivity index (χ0) is 13.1. The van der Waals surface area contributed by atoms with Gasteiger partial charge in [-0.15, -0.1) is 0 Å². The topological polar surface area (TPSA) is 66.4 Å². The molecule has 0 aromatic heterocycles. The molecular formula is C10H12Cl2NO3S. The van der Waals surface area contributed by atoms with E-state index in [1.54, 1.807) is 0 Å². The second kappa shape index (κ2) is 6.02. The largest absolute Gasteiger partial charge is 0.393 e. The van der Waals surface area contributed by atoms with Gasteiger partial charge in [0.15, 0.2) is 0 Å². The quantitative estimate of drug-likeness (QED) is 0.871. The van der Waals surface area contributed by atoms with Gasteiger partial charge in [0.05, 0.1) is 11.1 Å². The molecule has 0 unspecified atom stereocenters. The summed E-state index contributed by atoms with van der Waals surface area (Å²) in [6.07, 6.45) is -0.580. The lowest BCUT2D eigenvalue weighted by Gasteiger charge is -2.09. The molecular weight excluding hydrogens is 285 g/mol. The molecule has 0 heterocycles. The van der Waals surface area contributed by atoms with Crippen LogP contribution < -0.4 is 4.72 Å². The summed E-state index contributed by atoms with van der Waals surface area (Å²) in [5.41, 5.74) is 0. The molecule has 1 aromatic rings. The number of rotatable bonds is 5. The molecule has 7 heteroatoms. The summed E-state index contributed by atoms with van der Waals surface area (Å²) < 4.78 is 25.9. The van der Waals surface area contributed by atoms with Crippen molar-refractivity contribution >= 4 is 33.2 Å². The van der Waals surface area contributed by atoms with E-state index in [4.69, 9.17) is 28.3 Å². The number of aliphatic hydroxyl groups is 1. The van der Waals surface area contributed by atoms with E-state index in [2.05, 4.69) is 11.6 Å². The molecule has 2 N–H and O–H groups in total. The van der Waals surface area contributed by atoms with Crippen LogP contribution in [0, 0.1) is 6.92 Å². The summed E-state index contributed by atoms with van der Waals surface area (Å²) in [5, 5.41) is 9.34. The zero-order valence-corrected chi connectivity index (χ0v) is 11.2. The Balaban J connectivity index is 2.83. The number of aliphatic hydroxyl groups excluding tert-OH is 1. The highest BCUT2D eigenvalue weighted by Crippen LogP contribution is 2.24. The summed E-state index contributed by atoms with van der Waals surface area (Å²) in [7, 11) is -3.68. The standard InChI is InChI=1S/C10H12Cl2NO3S/c1-7(14)4-5-13-17(15,16)10-3-2-8(11)6-9(10)12/h2-3,6-7,13-14H,1,4-5H2/t7-/m0/s1.